The van der Waals surface area contributed by atoms with Crippen LogP contribution in [0, 0.1) is 16.7 Å². The Bertz CT molecular complexity index is 465. The molecule has 0 amide bonds. The first kappa shape index (κ1) is 11.9. The molecule has 0 spiro atoms. The molecule has 0 aliphatic heterocycles. The van der Waals surface area contributed by atoms with Gasteiger partial charge in [0.25, 0.3) is 0 Å². The van der Waals surface area contributed by atoms with Crippen molar-refractivity contribution in [3.63, 3.8) is 0 Å². The summed E-state index contributed by atoms with van der Waals surface area (Å²) in [7, 11) is 0. The molecule has 1 fully saturated rings. The lowest BCUT2D eigenvalue weighted by atomic mass is 9.69. The number of nitriles is 1. The van der Waals surface area contributed by atoms with Gasteiger partial charge in [0.2, 0.25) is 0 Å². The zero-order valence-electron chi connectivity index (χ0n) is 10.4. The van der Waals surface area contributed by atoms with Crippen molar-refractivity contribution in [3.8, 4) is 6.07 Å². The number of benzene rings is 1. The molecule has 1 aliphatic rings. The quantitative estimate of drug-likeness (QED) is 0.737. The maximum absolute atomic E-state index is 12.0. The van der Waals surface area contributed by atoms with Gasteiger partial charge in [-0.15, -0.1) is 0 Å². The van der Waals surface area contributed by atoms with Crippen LogP contribution in [0.4, 0.5) is 0 Å². The van der Waals surface area contributed by atoms with Gasteiger partial charge < -0.3 is 0 Å². The first-order valence-corrected chi connectivity index (χ1v) is 6.05. The normalized spacial score (nSPS) is 23.1. The summed E-state index contributed by atoms with van der Waals surface area (Å²) in [6.07, 6.45) is 2.58. The van der Waals surface area contributed by atoms with E-state index in [0.29, 0.717) is 17.8 Å². The molecule has 0 N–H and O–H groups in total. The first-order chi connectivity index (χ1) is 8.02. The summed E-state index contributed by atoms with van der Waals surface area (Å²) in [5.41, 5.74) is 1.95. The molecule has 2 heteroatoms. The molecular formula is C15H17NO. The maximum atomic E-state index is 12.0. The molecule has 1 aromatic carbocycles. The molecule has 1 aromatic rings. The third-order valence-electron chi connectivity index (χ3n) is 3.64. The van der Waals surface area contributed by atoms with Crippen LogP contribution in [0.15, 0.2) is 24.3 Å². The van der Waals surface area contributed by atoms with Gasteiger partial charge in [0.05, 0.1) is 11.6 Å². The Morgan fingerprint density at radius 3 is 2.53 bits per heavy atom. The van der Waals surface area contributed by atoms with Gasteiger partial charge >= 0.3 is 0 Å². The van der Waals surface area contributed by atoms with Crippen molar-refractivity contribution in [2.45, 2.75) is 39.0 Å². The number of carbonyl (C=O) groups excluding carboxylic acids is 1. The van der Waals surface area contributed by atoms with Gasteiger partial charge in [0.1, 0.15) is 5.78 Å². The van der Waals surface area contributed by atoms with Crippen molar-refractivity contribution >= 4 is 5.78 Å². The van der Waals surface area contributed by atoms with Crippen LogP contribution in [0.3, 0.4) is 0 Å². The highest BCUT2D eigenvalue weighted by Gasteiger charge is 2.34. The Morgan fingerprint density at radius 1 is 1.29 bits per heavy atom. The molecular weight excluding hydrogens is 210 g/mol. The third-order valence-corrected chi connectivity index (χ3v) is 3.64. The Labute approximate surface area is 102 Å². The van der Waals surface area contributed by atoms with E-state index in [1.807, 2.05) is 12.1 Å². The predicted molar refractivity (Wildman–Crippen MR) is 66.5 cm³/mol. The van der Waals surface area contributed by atoms with E-state index in [-0.39, 0.29) is 11.3 Å². The van der Waals surface area contributed by atoms with Gasteiger partial charge in [-0.05, 0) is 36.0 Å². The average Bonchev–Trinajstić information content (AvgIpc) is 2.33. The van der Waals surface area contributed by atoms with Crippen molar-refractivity contribution < 1.29 is 4.79 Å². The number of Topliss-reactive ketones (excluding diaryl/α,β-unsaturated/α-hetero) is 1. The van der Waals surface area contributed by atoms with Gasteiger partial charge in [0, 0.05) is 12.3 Å². The summed E-state index contributed by atoms with van der Waals surface area (Å²) in [4.78, 5) is 12.0. The van der Waals surface area contributed by atoms with E-state index in [0.717, 1.165) is 18.4 Å². The maximum Gasteiger partial charge on any atom is 0.140 e. The monoisotopic (exact) mass is 227 g/mol. The van der Waals surface area contributed by atoms with Crippen LogP contribution in [0.25, 0.3) is 0 Å². The van der Waals surface area contributed by atoms with Gasteiger partial charge in [-0.1, -0.05) is 26.0 Å². The van der Waals surface area contributed by atoms with E-state index >= 15 is 0 Å². The molecule has 0 saturated heterocycles. The standard InChI is InChI=1S/C15H17NO/c1-15(2)8-7-14(17)13(9-15)12-5-3-11(10-16)4-6-12/h3-6,13H,7-9H2,1-2H3/t13-/m1/s1. The van der Waals surface area contributed by atoms with E-state index < -0.39 is 0 Å². The second-order valence-corrected chi connectivity index (χ2v) is 5.62. The SMILES string of the molecule is CC1(C)CCC(=O)[C@@H](c2ccc(C#N)cc2)C1. The molecule has 2 rings (SSSR count). The second kappa shape index (κ2) is 4.33. The number of ketones is 1. The highest BCUT2D eigenvalue weighted by atomic mass is 16.1. The molecule has 1 aliphatic carbocycles. The van der Waals surface area contributed by atoms with Gasteiger partial charge in [0.15, 0.2) is 0 Å². The predicted octanol–water partition coefficient (Wildman–Crippen LogP) is 3.42. The molecule has 88 valence electrons. The van der Waals surface area contributed by atoms with Crippen LogP contribution in [0.2, 0.25) is 0 Å². The topological polar surface area (TPSA) is 40.9 Å². The lowest BCUT2D eigenvalue weighted by molar-refractivity contribution is -0.123. The van der Waals surface area contributed by atoms with Crippen molar-refractivity contribution in [3.05, 3.63) is 35.4 Å². The van der Waals surface area contributed by atoms with E-state index in [4.69, 9.17) is 5.26 Å². The highest BCUT2D eigenvalue weighted by molar-refractivity contribution is 5.86. The molecule has 1 saturated carbocycles. The number of nitrogens with zero attached hydrogens (tertiary/aromatic N) is 1. The average molecular weight is 227 g/mol. The number of hydrogen-bond acceptors (Lipinski definition) is 2. The Hall–Kier alpha value is -1.62. The number of rotatable bonds is 1. The van der Waals surface area contributed by atoms with Gasteiger partial charge in [-0.25, -0.2) is 0 Å². The van der Waals surface area contributed by atoms with Crippen molar-refractivity contribution in [1.29, 1.82) is 5.26 Å². The summed E-state index contributed by atoms with van der Waals surface area (Å²) in [5, 5.41) is 8.76. The lowest BCUT2D eigenvalue weighted by Gasteiger charge is -2.34. The highest BCUT2D eigenvalue weighted by Crippen LogP contribution is 2.41. The molecule has 0 unspecified atom stereocenters. The van der Waals surface area contributed by atoms with E-state index in [1.165, 1.54) is 0 Å². The molecule has 0 radical (unpaired) electrons. The first-order valence-electron chi connectivity index (χ1n) is 6.05. The fourth-order valence-electron chi connectivity index (χ4n) is 2.50. The summed E-state index contributed by atoms with van der Waals surface area (Å²) in [6.45, 7) is 4.44. The summed E-state index contributed by atoms with van der Waals surface area (Å²) >= 11 is 0. The van der Waals surface area contributed by atoms with Crippen LogP contribution >= 0.6 is 0 Å². The largest absolute Gasteiger partial charge is 0.299 e. The van der Waals surface area contributed by atoms with Crippen LogP contribution in [-0.4, -0.2) is 5.78 Å². The smallest absolute Gasteiger partial charge is 0.140 e. The van der Waals surface area contributed by atoms with E-state index in [9.17, 15) is 4.79 Å². The van der Waals surface area contributed by atoms with Gasteiger partial charge in [-0.2, -0.15) is 5.26 Å². The summed E-state index contributed by atoms with van der Waals surface area (Å²) < 4.78 is 0. The Balaban J connectivity index is 2.25. The fraction of sp³-hybridized carbons (Fsp3) is 0.467. The van der Waals surface area contributed by atoms with Crippen LogP contribution < -0.4 is 0 Å². The third kappa shape index (κ3) is 2.55. The molecule has 2 nitrogen and oxygen atoms in total. The van der Waals surface area contributed by atoms with Crippen molar-refractivity contribution in [2.24, 2.45) is 5.41 Å². The van der Waals surface area contributed by atoms with Crippen molar-refractivity contribution in [2.75, 3.05) is 0 Å². The number of carbonyl (C=O) groups is 1. The molecule has 17 heavy (non-hydrogen) atoms. The van der Waals surface area contributed by atoms with Crippen LogP contribution in [-0.2, 0) is 4.79 Å². The van der Waals surface area contributed by atoms with Crippen LogP contribution in [0.1, 0.15) is 50.2 Å². The zero-order valence-corrected chi connectivity index (χ0v) is 10.4. The minimum atomic E-state index is 0.0199. The van der Waals surface area contributed by atoms with Gasteiger partial charge in [-0.3, -0.25) is 4.79 Å². The van der Waals surface area contributed by atoms with Crippen molar-refractivity contribution in [1.82, 2.24) is 0 Å². The Morgan fingerprint density at radius 2 is 1.94 bits per heavy atom. The number of hydrogen-bond donors (Lipinski definition) is 0. The minimum Gasteiger partial charge on any atom is -0.299 e. The summed E-state index contributed by atoms with van der Waals surface area (Å²) in [6, 6.07) is 9.53. The minimum absolute atomic E-state index is 0.0199. The van der Waals surface area contributed by atoms with E-state index in [1.54, 1.807) is 12.1 Å². The molecule has 0 aromatic heterocycles. The zero-order chi connectivity index (χ0) is 12.5. The van der Waals surface area contributed by atoms with Crippen LogP contribution in [0.5, 0.6) is 0 Å². The molecule has 0 bridgehead atoms. The molecule has 0 heterocycles. The summed E-state index contributed by atoms with van der Waals surface area (Å²) in [5.74, 6) is 0.362. The Kier molecular flexibility index (Phi) is 3.02. The molecule has 1 atom stereocenters. The second-order valence-electron chi connectivity index (χ2n) is 5.62. The van der Waals surface area contributed by atoms with E-state index in [2.05, 4.69) is 19.9 Å². The fourth-order valence-corrected chi connectivity index (χ4v) is 2.50. The lowest BCUT2D eigenvalue weighted by Crippen LogP contribution is -2.28.